The smallest absolute Gasteiger partial charge is 0.122 e. The van der Waals surface area contributed by atoms with E-state index in [2.05, 4.69) is 68.3 Å². The molecule has 3 heteroatoms. The highest BCUT2D eigenvalue weighted by atomic mass is 79.9. The molecule has 0 aromatic heterocycles. The van der Waals surface area contributed by atoms with Crippen molar-refractivity contribution in [3.8, 4) is 5.75 Å². The molecule has 0 N–H and O–H groups in total. The van der Waals surface area contributed by atoms with Crippen LogP contribution in [0.4, 0.5) is 0 Å². The molecule has 2 rings (SSSR count). The zero-order valence-electron chi connectivity index (χ0n) is 11.5. The van der Waals surface area contributed by atoms with Crippen molar-refractivity contribution in [1.29, 1.82) is 0 Å². The lowest BCUT2D eigenvalue weighted by molar-refractivity contribution is 0.406. The van der Waals surface area contributed by atoms with E-state index in [0.717, 1.165) is 23.9 Å². The van der Waals surface area contributed by atoms with Crippen molar-refractivity contribution in [2.75, 3.05) is 12.4 Å². The van der Waals surface area contributed by atoms with Gasteiger partial charge in [-0.05, 0) is 42.0 Å². The van der Waals surface area contributed by atoms with Crippen LogP contribution in [0.1, 0.15) is 11.1 Å². The first-order valence-electron chi connectivity index (χ1n) is 6.66. The Morgan fingerprint density at radius 1 is 0.950 bits per heavy atom. The summed E-state index contributed by atoms with van der Waals surface area (Å²) in [5, 5.41) is 0.979. The van der Waals surface area contributed by atoms with Crippen LogP contribution >= 0.6 is 31.9 Å². The lowest BCUT2D eigenvalue weighted by atomic mass is 9.94. The van der Waals surface area contributed by atoms with E-state index in [1.807, 2.05) is 12.1 Å². The summed E-state index contributed by atoms with van der Waals surface area (Å²) in [4.78, 5) is 0. The molecule has 1 nitrogen and oxygen atoms in total. The van der Waals surface area contributed by atoms with Gasteiger partial charge in [0, 0.05) is 9.80 Å². The highest BCUT2D eigenvalue weighted by Gasteiger charge is 2.13. The third-order valence-electron chi connectivity index (χ3n) is 3.39. The fraction of sp³-hybridized carbons (Fsp3) is 0.294. The second kappa shape index (κ2) is 7.84. The summed E-state index contributed by atoms with van der Waals surface area (Å²) in [6.45, 7) is 0. The second-order valence-electron chi connectivity index (χ2n) is 4.83. The maximum atomic E-state index is 5.44. The summed E-state index contributed by atoms with van der Waals surface area (Å²) < 4.78 is 6.63. The van der Waals surface area contributed by atoms with E-state index in [1.54, 1.807) is 7.11 Å². The molecule has 0 bridgehead atoms. The van der Waals surface area contributed by atoms with Gasteiger partial charge in [0.1, 0.15) is 5.75 Å². The van der Waals surface area contributed by atoms with Gasteiger partial charge in [-0.15, -0.1) is 0 Å². The van der Waals surface area contributed by atoms with Crippen LogP contribution in [0.15, 0.2) is 53.0 Å². The molecule has 20 heavy (non-hydrogen) atoms. The zero-order chi connectivity index (χ0) is 14.4. The molecule has 2 aromatic rings. The molecule has 0 heterocycles. The van der Waals surface area contributed by atoms with E-state index in [0.29, 0.717) is 5.92 Å². The first-order valence-corrected chi connectivity index (χ1v) is 8.57. The Bertz CT molecular complexity index is 554. The Kier molecular flexibility index (Phi) is 6.11. The monoisotopic (exact) mass is 396 g/mol. The highest BCUT2D eigenvalue weighted by molar-refractivity contribution is 9.10. The molecule has 0 aliphatic carbocycles. The van der Waals surface area contributed by atoms with E-state index < -0.39 is 0 Å². The number of rotatable bonds is 6. The number of ether oxygens (including phenoxy) is 1. The predicted octanol–water partition coefficient (Wildman–Crippen LogP) is 5.25. The Morgan fingerprint density at radius 3 is 2.20 bits per heavy atom. The van der Waals surface area contributed by atoms with Gasteiger partial charge in [0.25, 0.3) is 0 Å². The van der Waals surface area contributed by atoms with Gasteiger partial charge in [-0.2, -0.15) is 0 Å². The molecule has 0 saturated carbocycles. The first-order chi connectivity index (χ1) is 9.74. The van der Waals surface area contributed by atoms with Gasteiger partial charge in [-0.1, -0.05) is 68.3 Å². The predicted molar refractivity (Wildman–Crippen MR) is 91.8 cm³/mol. The van der Waals surface area contributed by atoms with E-state index in [-0.39, 0.29) is 0 Å². The summed E-state index contributed by atoms with van der Waals surface area (Å²) in [6.07, 6.45) is 2.06. The summed E-state index contributed by atoms with van der Waals surface area (Å²) in [5.41, 5.74) is 2.62. The molecule has 106 valence electrons. The Morgan fingerprint density at radius 2 is 1.55 bits per heavy atom. The minimum Gasteiger partial charge on any atom is -0.496 e. The Balaban J connectivity index is 2.11. The first kappa shape index (κ1) is 15.6. The van der Waals surface area contributed by atoms with Crippen LogP contribution in [0.25, 0.3) is 0 Å². The summed E-state index contributed by atoms with van der Waals surface area (Å²) >= 11 is 7.27. The van der Waals surface area contributed by atoms with Crippen LogP contribution in [0.5, 0.6) is 5.75 Å². The van der Waals surface area contributed by atoms with Gasteiger partial charge in [0.2, 0.25) is 0 Å². The average molecular weight is 398 g/mol. The summed E-state index contributed by atoms with van der Waals surface area (Å²) in [6, 6.07) is 16.7. The van der Waals surface area contributed by atoms with E-state index in [9.17, 15) is 0 Å². The topological polar surface area (TPSA) is 9.23 Å². The molecule has 0 amide bonds. The van der Waals surface area contributed by atoms with Crippen molar-refractivity contribution in [2.45, 2.75) is 12.8 Å². The largest absolute Gasteiger partial charge is 0.496 e. The van der Waals surface area contributed by atoms with Gasteiger partial charge in [-0.25, -0.2) is 0 Å². The van der Waals surface area contributed by atoms with E-state index >= 15 is 0 Å². The van der Waals surface area contributed by atoms with Crippen molar-refractivity contribution < 1.29 is 4.74 Å². The van der Waals surface area contributed by atoms with Gasteiger partial charge in [0.05, 0.1) is 7.11 Å². The molecule has 0 radical (unpaired) electrons. The van der Waals surface area contributed by atoms with Crippen LogP contribution in [0.3, 0.4) is 0 Å². The minimum atomic E-state index is 0.546. The maximum Gasteiger partial charge on any atom is 0.122 e. The number of halogens is 2. The Hall–Kier alpha value is -0.800. The third-order valence-corrected chi connectivity index (χ3v) is 5.08. The normalized spacial score (nSPS) is 12.2. The average Bonchev–Trinajstić information content (AvgIpc) is 2.49. The molecule has 0 aliphatic heterocycles. The Labute approximate surface area is 137 Å². The number of methoxy groups -OCH3 is 1. The van der Waals surface area contributed by atoms with E-state index in [4.69, 9.17) is 4.74 Å². The van der Waals surface area contributed by atoms with Gasteiger partial charge in [0.15, 0.2) is 0 Å². The van der Waals surface area contributed by atoms with Crippen molar-refractivity contribution in [2.24, 2.45) is 5.92 Å². The number of benzene rings is 2. The van der Waals surface area contributed by atoms with Crippen LogP contribution in [0, 0.1) is 5.92 Å². The third kappa shape index (κ3) is 4.10. The van der Waals surface area contributed by atoms with Crippen molar-refractivity contribution in [3.05, 3.63) is 64.1 Å². The minimum absolute atomic E-state index is 0.546. The second-order valence-corrected chi connectivity index (χ2v) is 6.33. The molecule has 1 unspecified atom stereocenters. The number of hydrogen-bond donors (Lipinski definition) is 0. The molecule has 1 atom stereocenters. The van der Waals surface area contributed by atoms with Crippen molar-refractivity contribution >= 4 is 31.9 Å². The van der Waals surface area contributed by atoms with Crippen LogP contribution in [-0.2, 0) is 12.8 Å². The standard InChI is InChI=1S/C17H18Br2O/c1-20-17-9-5-3-7-15(17)11-13(12-18)10-14-6-2-4-8-16(14)19/h2-9,13H,10-12H2,1H3. The zero-order valence-corrected chi connectivity index (χ0v) is 14.7. The fourth-order valence-corrected chi connectivity index (χ4v) is 3.24. The fourth-order valence-electron chi connectivity index (χ4n) is 2.34. The summed E-state index contributed by atoms with van der Waals surface area (Å²) in [5.74, 6) is 1.52. The molecular formula is C17H18Br2O. The molecule has 0 fully saturated rings. The molecular weight excluding hydrogens is 380 g/mol. The molecule has 0 aliphatic rings. The van der Waals surface area contributed by atoms with Crippen LogP contribution in [-0.4, -0.2) is 12.4 Å². The highest BCUT2D eigenvalue weighted by Crippen LogP contribution is 2.26. The van der Waals surface area contributed by atoms with Gasteiger partial charge >= 0.3 is 0 Å². The number of hydrogen-bond acceptors (Lipinski definition) is 1. The number of alkyl halides is 1. The van der Waals surface area contributed by atoms with E-state index in [1.165, 1.54) is 15.6 Å². The van der Waals surface area contributed by atoms with Gasteiger partial charge in [-0.3, -0.25) is 0 Å². The van der Waals surface area contributed by atoms with Crippen molar-refractivity contribution in [1.82, 2.24) is 0 Å². The summed E-state index contributed by atoms with van der Waals surface area (Å²) in [7, 11) is 1.73. The molecule has 0 spiro atoms. The lowest BCUT2D eigenvalue weighted by Gasteiger charge is -2.17. The quantitative estimate of drug-likeness (QED) is 0.604. The molecule has 0 saturated heterocycles. The van der Waals surface area contributed by atoms with Crippen LogP contribution < -0.4 is 4.74 Å². The molecule has 2 aromatic carbocycles. The SMILES string of the molecule is COc1ccccc1CC(CBr)Cc1ccccc1Br. The van der Waals surface area contributed by atoms with Crippen LogP contribution in [0.2, 0.25) is 0 Å². The maximum absolute atomic E-state index is 5.44. The number of para-hydroxylation sites is 1. The van der Waals surface area contributed by atoms with Gasteiger partial charge < -0.3 is 4.74 Å². The van der Waals surface area contributed by atoms with Crippen molar-refractivity contribution in [3.63, 3.8) is 0 Å². The lowest BCUT2D eigenvalue weighted by Crippen LogP contribution is -2.11.